The van der Waals surface area contributed by atoms with E-state index in [0.29, 0.717) is 24.2 Å². The van der Waals surface area contributed by atoms with Gasteiger partial charge in [0.05, 0.1) is 11.9 Å². The molecule has 1 aliphatic heterocycles. The Bertz CT molecular complexity index is 1180. The second kappa shape index (κ2) is 8.43. The van der Waals surface area contributed by atoms with Gasteiger partial charge in [0.2, 0.25) is 10.0 Å². The molecule has 0 radical (unpaired) electrons. The molecule has 4 rings (SSSR count). The summed E-state index contributed by atoms with van der Waals surface area (Å²) in [4.78, 5) is 13.1. The average molecular weight is 449 g/mol. The molecule has 1 N–H and O–H groups in total. The van der Waals surface area contributed by atoms with Gasteiger partial charge < -0.3 is 5.32 Å². The summed E-state index contributed by atoms with van der Waals surface area (Å²) in [7, 11) is -3.36. The molecule has 5 nitrogen and oxygen atoms in total. The van der Waals surface area contributed by atoms with E-state index in [4.69, 9.17) is 0 Å². The van der Waals surface area contributed by atoms with Gasteiger partial charge in [0, 0.05) is 23.6 Å². The topological polar surface area (TPSA) is 66.5 Å². The zero-order valence-corrected chi connectivity index (χ0v) is 19.4. The van der Waals surface area contributed by atoms with E-state index < -0.39 is 15.4 Å². The molecule has 0 spiro atoms. The number of hydrogen-bond donors (Lipinski definition) is 1. The van der Waals surface area contributed by atoms with Crippen LogP contribution < -0.4 is 9.62 Å². The van der Waals surface area contributed by atoms with Crippen molar-refractivity contribution in [3.63, 3.8) is 0 Å². The molecule has 0 aliphatic carbocycles. The highest BCUT2D eigenvalue weighted by atomic mass is 32.2. The first kappa shape index (κ1) is 22.1. The van der Waals surface area contributed by atoms with Crippen LogP contribution in [-0.2, 0) is 21.9 Å². The van der Waals surface area contributed by atoms with Gasteiger partial charge in [0.25, 0.3) is 5.91 Å². The molecule has 0 bridgehead atoms. The Morgan fingerprint density at radius 2 is 1.56 bits per heavy atom. The molecule has 3 aromatic rings. The van der Waals surface area contributed by atoms with Gasteiger partial charge >= 0.3 is 0 Å². The Balaban J connectivity index is 1.58. The Morgan fingerprint density at radius 3 is 2.09 bits per heavy atom. The lowest BCUT2D eigenvalue weighted by atomic mass is 9.76. The summed E-state index contributed by atoms with van der Waals surface area (Å²) in [5.41, 5.74) is 3.93. The fraction of sp³-hybridized carbons (Fsp3) is 0.269. The van der Waals surface area contributed by atoms with E-state index in [2.05, 4.69) is 36.5 Å². The number of nitrogens with zero attached hydrogens (tertiary/aromatic N) is 1. The third-order valence-corrected chi connectivity index (χ3v) is 7.55. The van der Waals surface area contributed by atoms with E-state index in [9.17, 15) is 13.2 Å². The molecule has 1 amide bonds. The van der Waals surface area contributed by atoms with Crippen molar-refractivity contribution in [2.45, 2.75) is 31.7 Å². The molecule has 0 saturated carbocycles. The first-order chi connectivity index (χ1) is 15.2. The van der Waals surface area contributed by atoms with Crippen LogP contribution in [0.25, 0.3) is 0 Å². The first-order valence-corrected chi connectivity index (χ1v) is 12.6. The number of rotatable bonds is 6. The van der Waals surface area contributed by atoms with E-state index in [1.807, 2.05) is 49.4 Å². The summed E-state index contributed by atoms with van der Waals surface area (Å²) in [5, 5.41) is 3.11. The minimum atomic E-state index is -3.36. The lowest BCUT2D eigenvalue weighted by molar-refractivity contribution is 0.0947. The SMILES string of the molecule is CC1Cc2cc(C(=O)NCC(C)(c3ccccc3)c3ccccc3)ccc2N1S(C)(=O)=O. The quantitative estimate of drug-likeness (QED) is 0.617. The predicted molar refractivity (Wildman–Crippen MR) is 129 cm³/mol. The molecular formula is C26H28N2O3S. The fourth-order valence-corrected chi connectivity index (χ4v) is 5.85. The Morgan fingerprint density at radius 1 is 1.00 bits per heavy atom. The van der Waals surface area contributed by atoms with Crippen molar-refractivity contribution in [3.05, 3.63) is 101 Å². The Kier molecular flexibility index (Phi) is 5.82. The molecule has 3 aromatic carbocycles. The van der Waals surface area contributed by atoms with Crippen LogP contribution in [0.1, 0.15) is 40.9 Å². The van der Waals surface area contributed by atoms with Crippen LogP contribution in [-0.4, -0.2) is 33.2 Å². The molecule has 1 atom stereocenters. The van der Waals surface area contributed by atoms with Crippen LogP contribution in [0.5, 0.6) is 0 Å². The van der Waals surface area contributed by atoms with Gasteiger partial charge in [-0.25, -0.2) is 8.42 Å². The number of hydrogen-bond acceptors (Lipinski definition) is 3. The van der Waals surface area contributed by atoms with Gasteiger partial charge in [0.15, 0.2) is 0 Å². The third kappa shape index (κ3) is 4.15. The number of carbonyl (C=O) groups excluding carboxylic acids is 1. The highest BCUT2D eigenvalue weighted by Gasteiger charge is 2.33. The van der Waals surface area contributed by atoms with Crippen molar-refractivity contribution in [3.8, 4) is 0 Å². The van der Waals surface area contributed by atoms with Gasteiger partial charge in [0.1, 0.15) is 0 Å². The minimum Gasteiger partial charge on any atom is -0.351 e. The van der Waals surface area contributed by atoms with E-state index >= 15 is 0 Å². The second-order valence-electron chi connectivity index (χ2n) is 8.70. The predicted octanol–water partition coefficient (Wildman–Crippen LogP) is 4.13. The Hall–Kier alpha value is -3.12. The highest BCUT2D eigenvalue weighted by molar-refractivity contribution is 7.92. The van der Waals surface area contributed by atoms with Crippen molar-refractivity contribution in [2.75, 3.05) is 17.1 Å². The van der Waals surface area contributed by atoms with Crippen molar-refractivity contribution in [1.29, 1.82) is 0 Å². The van der Waals surface area contributed by atoms with Crippen molar-refractivity contribution < 1.29 is 13.2 Å². The van der Waals surface area contributed by atoms with E-state index in [0.717, 1.165) is 16.7 Å². The van der Waals surface area contributed by atoms with Crippen molar-refractivity contribution >= 4 is 21.6 Å². The summed E-state index contributed by atoms with van der Waals surface area (Å²) in [6, 6.07) is 25.4. The Labute approximate surface area is 190 Å². The summed E-state index contributed by atoms with van der Waals surface area (Å²) >= 11 is 0. The third-order valence-electron chi connectivity index (χ3n) is 6.28. The average Bonchev–Trinajstić information content (AvgIpc) is 3.13. The van der Waals surface area contributed by atoms with Crippen LogP contribution >= 0.6 is 0 Å². The number of amides is 1. The van der Waals surface area contributed by atoms with E-state index in [1.54, 1.807) is 12.1 Å². The van der Waals surface area contributed by atoms with Gasteiger partial charge in [-0.2, -0.15) is 0 Å². The number of benzene rings is 3. The number of anilines is 1. The lowest BCUT2D eigenvalue weighted by Gasteiger charge is -2.31. The van der Waals surface area contributed by atoms with Gasteiger partial charge in [-0.1, -0.05) is 60.7 Å². The standard InChI is InChI=1S/C26H28N2O3S/c1-19-16-21-17-20(14-15-24(21)28(19)32(3,30)31)25(29)27-18-26(2,22-10-6-4-7-11-22)23-12-8-5-9-13-23/h4-15,17,19H,16,18H2,1-3H3,(H,27,29). The zero-order chi connectivity index (χ0) is 22.9. The number of nitrogens with one attached hydrogen (secondary N) is 1. The molecule has 6 heteroatoms. The lowest BCUT2D eigenvalue weighted by Crippen LogP contribution is -2.39. The zero-order valence-electron chi connectivity index (χ0n) is 18.6. The molecule has 32 heavy (non-hydrogen) atoms. The summed E-state index contributed by atoms with van der Waals surface area (Å²) in [5.74, 6) is -0.170. The minimum absolute atomic E-state index is 0.155. The first-order valence-electron chi connectivity index (χ1n) is 10.7. The summed E-state index contributed by atoms with van der Waals surface area (Å²) in [6.45, 7) is 4.45. The maximum atomic E-state index is 13.1. The van der Waals surface area contributed by atoms with Gasteiger partial charge in [-0.15, -0.1) is 0 Å². The molecular weight excluding hydrogens is 420 g/mol. The van der Waals surface area contributed by atoms with Crippen LogP contribution in [0.3, 0.4) is 0 Å². The molecule has 1 unspecified atom stereocenters. The van der Waals surface area contributed by atoms with E-state index in [1.165, 1.54) is 10.6 Å². The largest absolute Gasteiger partial charge is 0.351 e. The smallest absolute Gasteiger partial charge is 0.251 e. The van der Waals surface area contributed by atoms with Crippen LogP contribution in [0, 0.1) is 0 Å². The maximum Gasteiger partial charge on any atom is 0.251 e. The molecule has 1 heterocycles. The normalized spacial score (nSPS) is 16.0. The van der Waals surface area contributed by atoms with Crippen LogP contribution in [0.4, 0.5) is 5.69 Å². The number of fused-ring (bicyclic) bond motifs is 1. The van der Waals surface area contributed by atoms with Crippen molar-refractivity contribution in [2.24, 2.45) is 0 Å². The van der Waals surface area contributed by atoms with Gasteiger partial charge in [-0.3, -0.25) is 9.10 Å². The van der Waals surface area contributed by atoms with Gasteiger partial charge in [-0.05, 0) is 55.2 Å². The molecule has 166 valence electrons. The van der Waals surface area contributed by atoms with Crippen molar-refractivity contribution in [1.82, 2.24) is 5.32 Å². The molecule has 1 aliphatic rings. The number of sulfonamides is 1. The molecule has 0 saturated heterocycles. The monoisotopic (exact) mass is 448 g/mol. The summed E-state index contributed by atoms with van der Waals surface area (Å²) < 4.78 is 25.7. The maximum absolute atomic E-state index is 13.1. The second-order valence-corrected chi connectivity index (χ2v) is 10.6. The highest BCUT2D eigenvalue weighted by Crippen LogP contribution is 2.35. The van der Waals surface area contributed by atoms with Crippen LogP contribution in [0.15, 0.2) is 78.9 Å². The number of carbonyl (C=O) groups is 1. The van der Waals surface area contributed by atoms with Crippen LogP contribution in [0.2, 0.25) is 0 Å². The molecule has 0 fully saturated rings. The van der Waals surface area contributed by atoms with E-state index in [-0.39, 0.29) is 11.9 Å². The fourth-order valence-electron chi connectivity index (χ4n) is 4.59. The molecule has 0 aromatic heterocycles. The summed E-state index contributed by atoms with van der Waals surface area (Å²) in [6.07, 6.45) is 1.81.